The second kappa shape index (κ2) is 8.78. The highest BCUT2D eigenvalue weighted by Crippen LogP contribution is 2.35. The molecule has 170 valence electrons. The number of hydrogen-bond acceptors (Lipinski definition) is 7. The van der Waals surface area contributed by atoms with Crippen molar-refractivity contribution in [2.24, 2.45) is 0 Å². The summed E-state index contributed by atoms with van der Waals surface area (Å²) in [6, 6.07) is 9.72. The molecule has 0 radical (unpaired) electrons. The van der Waals surface area contributed by atoms with Gasteiger partial charge in [-0.3, -0.25) is 10.1 Å². The maximum absolute atomic E-state index is 13.0. The van der Waals surface area contributed by atoms with Gasteiger partial charge in [0.2, 0.25) is 10.0 Å². The highest BCUT2D eigenvalue weighted by atomic mass is 32.2. The van der Waals surface area contributed by atoms with E-state index >= 15 is 0 Å². The van der Waals surface area contributed by atoms with Crippen LogP contribution in [-0.4, -0.2) is 56.0 Å². The lowest BCUT2D eigenvalue weighted by Gasteiger charge is -2.34. The Morgan fingerprint density at radius 3 is 2.44 bits per heavy atom. The normalized spacial score (nSPS) is 19.8. The van der Waals surface area contributed by atoms with Gasteiger partial charge in [-0.25, -0.2) is 13.4 Å². The standard InChI is InChI=1S/C22H25N3O5S2/c1-13-5-10-18(29-4)19-20(13)31-22(23-19)24-21(26)16-6-8-17(9-7-16)32(27,28)25-11-14(2)30-15(3)12-25/h5-10,14-15H,11-12H2,1-4H3,(H,23,24,26). The Balaban J connectivity index is 1.52. The molecule has 32 heavy (non-hydrogen) atoms. The lowest BCUT2D eigenvalue weighted by molar-refractivity contribution is -0.0440. The molecule has 10 heteroatoms. The SMILES string of the molecule is COc1ccc(C)c2sc(NC(=O)c3ccc(S(=O)(=O)N4CC(C)OC(C)C4)cc3)nc12. The van der Waals surface area contributed by atoms with E-state index < -0.39 is 10.0 Å². The number of fused-ring (bicyclic) bond motifs is 1. The Morgan fingerprint density at radius 1 is 1.16 bits per heavy atom. The van der Waals surface area contributed by atoms with Gasteiger partial charge in [-0.05, 0) is 56.7 Å². The number of hydrogen-bond donors (Lipinski definition) is 1. The van der Waals surface area contributed by atoms with E-state index in [2.05, 4.69) is 10.3 Å². The van der Waals surface area contributed by atoms with Gasteiger partial charge in [0.05, 0.1) is 28.9 Å². The molecule has 2 aromatic carbocycles. The van der Waals surface area contributed by atoms with Crippen LogP contribution < -0.4 is 10.1 Å². The minimum absolute atomic E-state index is 0.149. The van der Waals surface area contributed by atoms with E-state index in [1.807, 2.05) is 32.9 Å². The molecule has 1 aliphatic heterocycles. The molecule has 1 aromatic heterocycles. The molecule has 1 amide bonds. The number of carbonyl (C=O) groups is 1. The van der Waals surface area contributed by atoms with E-state index in [4.69, 9.17) is 9.47 Å². The molecule has 1 N–H and O–H groups in total. The van der Waals surface area contributed by atoms with Crippen LogP contribution in [0.3, 0.4) is 0 Å². The van der Waals surface area contributed by atoms with E-state index in [0.29, 0.717) is 35.1 Å². The van der Waals surface area contributed by atoms with Crippen molar-refractivity contribution in [3.63, 3.8) is 0 Å². The van der Waals surface area contributed by atoms with Crippen molar-refractivity contribution < 1.29 is 22.7 Å². The zero-order chi connectivity index (χ0) is 23.0. The first-order valence-corrected chi connectivity index (χ1v) is 12.5. The highest BCUT2D eigenvalue weighted by Gasteiger charge is 2.32. The fraction of sp³-hybridized carbons (Fsp3) is 0.364. The van der Waals surface area contributed by atoms with E-state index in [1.165, 1.54) is 39.9 Å². The second-order valence-electron chi connectivity index (χ2n) is 7.84. The van der Waals surface area contributed by atoms with Crippen LogP contribution in [0.25, 0.3) is 10.2 Å². The maximum atomic E-state index is 13.0. The minimum atomic E-state index is -3.66. The highest BCUT2D eigenvalue weighted by molar-refractivity contribution is 7.89. The topological polar surface area (TPSA) is 97.8 Å². The largest absolute Gasteiger partial charge is 0.494 e. The number of methoxy groups -OCH3 is 1. The van der Waals surface area contributed by atoms with Crippen molar-refractivity contribution in [3.8, 4) is 5.75 Å². The van der Waals surface area contributed by atoms with Crippen LogP contribution in [0, 0.1) is 6.92 Å². The fourth-order valence-corrected chi connectivity index (χ4v) is 6.29. The number of morpholine rings is 1. The Bertz CT molecular complexity index is 1240. The molecule has 0 aliphatic carbocycles. The number of thiazole rings is 1. The number of nitrogens with one attached hydrogen (secondary N) is 1. The van der Waals surface area contributed by atoms with Crippen LogP contribution in [0.2, 0.25) is 0 Å². The Hall–Kier alpha value is -2.53. The molecule has 2 atom stereocenters. The summed E-state index contributed by atoms with van der Waals surface area (Å²) in [6.07, 6.45) is -0.343. The van der Waals surface area contributed by atoms with E-state index in [0.717, 1.165) is 10.3 Å². The summed E-state index contributed by atoms with van der Waals surface area (Å²) in [5.41, 5.74) is 2.08. The molecule has 0 saturated carbocycles. The molecule has 3 aromatic rings. The maximum Gasteiger partial charge on any atom is 0.257 e. The molecule has 2 unspecified atom stereocenters. The molecule has 1 fully saturated rings. The van der Waals surface area contributed by atoms with E-state index in [9.17, 15) is 13.2 Å². The first-order chi connectivity index (χ1) is 15.2. The van der Waals surface area contributed by atoms with Crippen molar-refractivity contribution in [3.05, 3.63) is 47.5 Å². The lowest BCUT2D eigenvalue weighted by Crippen LogP contribution is -2.48. The summed E-state index contributed by atoms with van der Waals surface area (Å²) >= 11 is 1.37. The van der Waals surface area contributed by atoms with Crippen LogP contribution in [0.4, 0.5) is 5.13 Å². The van der Waals surface area contributed by atoms with Crippen LogP contribution >= 0.6 is 11.3 Å². The van der Waals surface area contributed by atoms with Gasteiger partial charge >= 0.3 is 0 Å². The lowest BCUT2D eigenvalue weighted by atomic mass is 10.2. The monoisotopic (exact) mass is 475 g/mol. The Kier molecular flexibility index (Phi) is 6.22. The number of nitrogens with zero attached hydrogens (tertiary/aromatic N) is 2. The summed E-state index contributed by atoms with van der Waals surface area (Å²) in [5.74, 6) is 0.280. The van der Waals surface area contributed by atoms with Gasteiger partial charge in [-0.15, -0.1) is 0 Å². The second-order valence-corrected chi connectivity index (χ2v) is 10.8. The third-order valence-electron chi connectivity index (χ3n) is 5.28. The molecular formula is C22H25N3O5S2. The van der Waals surface area contributed by atoms with E-state index in [-0.39, 0.29) is 23.0 Å². The smallest absolute Gasteiger partial charge is 0.257 e. The number of aryl methyl sites for hydroxylation is 1. The number of carbonyl (C=O) groups excluding carboxylic acids is 1. The predicted molar refractivity (Wildman–Crippen MR) is 124 cm³/mol. The third-order valence-corrected chi connectivity index (χ3v) is 8.24. The zero-order valence-corrected chi connectivity index (χ0v) is 19.9. The molecule has 1 aliphatic rings. The van der Waals surface area contributed by atoms with Gasteiger partial charge in [0, 0.05) is 18.7 Å². The summed E-state index contributed by atoms with van der Waals surface area (Å²) in [4.78, 5) is 17.4. The van der Waals surface area contributed by atoms with Gasteiger partial charge in [0.15, 0.2) is 5.13 Å². The van der Waals surface area contributed by atoms with Crippen molar-refractivity contribution in [2.45, 2.75) is 37.9 Å². The predicted octanol–water partition coefficient (Wildman–Crippen LogP) is 3.66. The summed E-state index contributed by atoms with van der Waals surface area (Å²) in [5, 5.41) is 3.25. The van der Waals surface area contributed by atoms with Gasteiger partial charge in [-0.1, -0.05) is 17.4 Å². The molecular weight excluding hydrogens is 450 g/mol. The average molecular weight is 476 g/mol. The fourth-order valence-electron chi connectivity index (χ4n) is 3.75. The van der Waals surface area contributed by atoms with Crippen LogP contribution in [-0.2, 0) is 14.8 Å². The first-order valence-electron chi connectivity index (χ1n) is 10.2. The molecule has 8 nitrogen and oxygen atoms in total. The molecule has 1 saturated heterocycles. The van der Waals surface area contributed by atoms with Crippen LogP contribution in [0.5, 0.6) is 5.75 Å². The number of aromatic nitrogens is 1. The van der Waals surface area contributed by atoms with Gasteiger partial charge in [0.25, 0.3) is 5.91 Å². The molecule has 4 rings (SSSR count). The van der Waals surface area contributed by atoms with Gasteiger partial charge in [-0.2, -0.15) is 4.31 Å². The first kappa shape index (κ1) is 22.7. The van der Waals surface area contributed by atoms with Gasteiger partial charge < -0.3 is 9.47 Å². The molecule has 0 spiro atoms. The number of benzene rings is 2. The quantitative estimate of drug-likeness (QED) is 0.605. The van der Waals surface area contributed by atoms with E-state index in [1.54, 1.807) is 7.11 Å². The number of anilines is 1. The summed E-state index contributed by atoms with van der Waals surface area (Å²) in [6.45, 7) is 6.28. The van der Waals surface area contributed by atoms with Gasteiger partial charge in [0.1, 0.15) is 11.3 Å². The number of rotatable bonds is 5. The molecule has 2 heterocycles. The Labute approximate surface area is 191 Å². The van der Waals surface area contributed by atoms with Crippen molar-refractivity contribution in [1.29, 1.82) is 0 Å². The third kappa shape index (κ3) is 4.36. The van der Waals surface area contributed by atoms with Crippen molar-refractivity contribution in [1.82, 2.24) is 9.29 Å². The van der Waals surface area contributed by atoms with Crippen LogP contribution in [0.15, 0.2) is 41.3 Å². The number of amides is 1. The Morgan fingerprint density at radius 2 is 1.81 bits per heavy atom. The minimum Gasteiger partial charge on any atom is -0.494 e. The average Bonchev–Trinajstić information content (AvgIpc) is 3.18. The summed E-state index contributed by atoms with van der Waals surface area (Å²) < 4.78 is 39.3. The van der Waals surface area contributed by atoms with Crippen molar-refractivity contribution in [2.75, 3.05) is 25.5 Å². The number of ether oxygens (including phenoxy) is 2. The summed E-state index contributed by atoms with van der Waals surface area (Å²) in [7, 11) is -2.08. The van der Waals surface area contributed by atoms with Crippen molar-refractivity contribution >= 4 is 42.6 Å². The molecule has 0 bridgehead atoms. The zero-order valence-electron chi connectivity index (χ0n) is 18.3. The van der Waals surface area contributed by atoms with Crippen LogP contribution in [0.1, 0.15) is 29.8 Å². The number of sulfonamides is 1.